The summed E-state index contributed by atoms with van der Waals surface area (Å²) in [6, 6.07) is 8.36. The molecule has 26 heavy (non-hydrogen) atoms. The van der Waals surface area contributed by atoms with Crippen LogP contribution >= 0.6 is 0 Å². The molecule has 140 valence electrons. The molecular formula is C17H21N3O5S. The Morgan fingerprint density at radius 3 is 2.31 bits per heavy atom. The minimum absolute atomic E-state index is 0.293. The van der Waals surface area contributed by atoms with Gasteiger partial charge in [0.15, 0.2) is 0 Å². The molecule has 2 aromatic rings. The average Bonchev–Trinajstić information content (AvgIpc) is 2.88. The van der Waals surface area contributed by atoms with Crippen LogP contribution in [-0.4, -0.2) is 33.0 Å². The highest BCUT2D eigenvalue weighted by Crippen LogP contribution is 2.21. The van der Waals surface area contributed by atoms with Crippen LogP contribution in [0.15, 0.2) is 34.7 Å². The fourth-order valence-electron chi connectivity index (χ4n) is 2.44. The van der Waals surface area contributed by atoms with Gasteiger partial charge >= 0.3 is 0 Å². The van der Waals surface area contributed by atoms with E-state index in [2.05, 4.69) is 10.9 Å². The summed E-state index contributed by atoms with van der Waals surface area (Å²) in [5.74, 6) is -0.229. The van der Waals surface area contributed by atoms with E-state index in [1.165, 1.54) is 0 Å². The van der Waals surface area contributed by atoms with Gasteiger partial charge in [0.25, 0.3) is 11.8 Å². The van der Waals surface area contributed by atoms with Crippen molar-refractivity contribution in [2.24, 2.45) is 0 Å². The van der Waals surface area contributed by atoms with Crippen molar-refractivity contribution in [3.05, 3.63) is 53.0 Å². The number of benzene rings is 1. The lowest BCUT2D eigenvalue weighted by atomic mass is 10.2. The summed E-state index contributed by atoms with van der Waals surface area (Å²) < 4.78 is 30.4. The van der Waals surface area contributed by atoms with E-state index in [4.69, 9.17) is 4.42 Å². The summed E-state index contributed by atoms with van der Waals surface area (Å²) in [5.41, 5.74) is 5.88. The molecule has 1 aromatic heterocycles. The van der Waals surface area contributed by atoms with E-state index in [0.29, 0.717) is 28.3 Å². The molecule has 2 amide bonds. The summed E-state index contributed by atoms with van der Waals surface area (Å²) >= 11 is 0. The lowest BCUT2D eigenvalue weighted by Gasteiger charge is -2.23. The molecule has 0 saturated heterocycles. The normalized spacial score (nSPS) is 11.1. The van der Waals surface area contributed by atoms with Crippen molar-refractivity contribution < 1.29 is 22.4 Å². The molecule has 2 rings (SSSR count). The van der Waals surface area contributed by atoms with Gasteiger partial charge in [-0.25, -0.2) is 8.42 Å². The predicted molar refractivity (Wildman–Crippen MR) is 97.2 cm³/mol. The van der Waals surface area contributed by atoms with Gasteiger partial charge in [0, 0.05) is 0 Å². The number of carbonyl (C=O) groups excluding carboxylic acids is 2. The number of hydrogen-bond donors (Lipinski definition) is 2. The first-order chi connectivity index (χ1) is 12.1. The maximum absolute atomic E-state index is 12.2. The van der Waals surface area contributed by atoms with Gasteiger partial charge in [-0.1, -0.05) is 18.2 Å². The Labute approximate surface area is 152 Å². The molecule has 8 nitrogen and oxygen atoms in total. The summed E-state index contributed by atoms with van der Waals surface area (Å²) in [4.78, 5) is 24.2. The molecule has 2 N–H and O–H groups in total. The van der Waals surface area contributed by atoms with Crippen molar-refractivity contribution in [1.29, 1.82) is 0 Å². The molecule has 0 bridgehead atoms. The zero-order valence-corrected chi connectivity index (χ0v) is 15.8. The highest BCUT2D eigenvalue weighted by atomic mass is 32.2. The largest absolute Gasteiger partial charge is 0.466 e. The number of sulfonamides is 1. The Morgan fingerprint density at radius 1 is 1.12 bits per heavy atom. The molecule has 0 saturated carbocycles. The highest BCUT2D eigenvalue weighted by Gasteiger charge is 2.22. The minimum atomic E-state index is -3.68. The lowest BCUT2D eigenvalue weighted by molar-refractivity contribution is -0.120. The third-order valence-electron chi connectivity index (χ3n) is 3.67. The molecule has 0 aliphatic carbocycles. The quantitative estimate of drug-likeness (QED) is 0.764. The molecule has 0 atom stereocenters. The summed E-state index contributed by atoms with van der Waals surface area (Å²) in [6.45, 7) is 4.62. The van der Waals surface area contributed by atoms with Gasteiger partial charge in [-0.2, -0.15) is 0 Å². The molecule has 0 aliphatic rings. The van der Waals surface area contributed by atoms with Gasteiger partial charge in [0.05, 0.1) is 17.5 Å². The van der Waals surface area contributed by atoms with Crippen LogP contribution in [0.1, 0.15) is 27.4 Å². The van der Waals surface area contributed by atoms with Crippen molar-refractivity contribution in [2.45, 2.75) is 20.8 Å². The number of carbonyl (C=O) groups is 2. The number of para-hydroxylation sites is 1. The first-order valence-electron chi connectivity index (χ1n) is 7.79. The number of furan rings is 1. The van der Waals surface area contributed by atoms with Crippen LogP contribution in [0.3, 0.4) is 0 Å². The van der Waals surface area contributed by atoms with Crippen LogP contribution in [0, 0.1) is 20.8 Å². The monoisotopic (exact) mass is 379 g/mol. The van der Waals surface area contributed by atoms with Gasteiger partial charge in [-0.05, 0) is 38.5 Å². The van der Waals surface area contributed by atoms with Gasteiger partial charge in [0.2, 0.25) is 10.0 Å². The average molecular weight is 379 g/mol. The Balaban J connectivity index is 2.08. The maximum Gasteiger partial charge on any atom is 0.273 e. The second kappa shape index (κ2) is 7.61. The molecule has 0 unspecified atom stereocenters. The summed E-state index contributed by atoms with van der Waals surface area (Å²) in [6.07, 6.45) is 1.02. The van der Waals surface area contributed by atoms with E-state index in [0.717, 1.165) is 10.6 Å². The Kier molecular flexibility index (Phi) is 5.71. The van der Waals surface area contributed by atoms with Gasteiger partial charge in [-0.15, -0.1) is 0 Å². The standard InChI is InChI=1S/C17H21N3O5S/c1-11-7-5-6-8-15(11)20(26(4,23)24)10-16(21)18-19-17(22)14-9-12(2)25-13(14)3/h5-9H,10H2,1-4H3,(H,18,21)(H,19,22). The van der Waals surface area contributed by atoms with Crippen LogP contribution in [-0.2, 0) is 14.8 Å². The van der Waals surface area contributed by atoms with Crippen molar-refractivity contribution in [3.63, 3.8) is 0 Å². The third-order valence-corrected chi connectivity index (χ3v) is 4.80. The van der Waals surface area contributed by atoms with Crippen molar-refractivity contribution in [2.75, 3.05) is 17.1 Å². The smallest absolute Gasteiger partial charge is 0.273 e. The molecule has 1 heterocycles. The van der Waals surface area contributed by atoms with E-state index in [1.54, 1.807) is 51.1 Å². The number of rotatable bonds is 5. The molecular weight excluding hydrogens is 358 g/mol. The Bertz CT molecular complexity index is 934. The van der Waals surface area contributed by atoms with Crippen molar-refractivity contribution >= 4 is 27.5 Å². The zero-order valence-electron chi connectivity index (χ0n) is 15.0. The van der Waals surface area contributed by atoms with E-state index < -0.39 is 28.4 Å². The third kappa shape index (κ3) is 4.63. The summed E-state index contributed by atoms with van der Waals surface area (Å²) in [5, 5.41) is 0. The predicted octanol–water partition coefficient (Wildman–Crippen LogP) is 1.43. The molecule has 0 spiro atoms. The van der Waals surface area contributed by atoms with Gasteiger partial charge in [-0.3, -0.25) is 24.7 Å². The Hall–Kier alpha value is -2.81. The lowest BCUT2D eigenvalue weighted by Crippen LogP contribution is -2.47. The number of nitrogens with one attached hydrogen (secondary N) is 2. The fraction of sp³-hybridized carbons (Fsp3) is 0.294. The van der Waals surface area contributed by atoms with E-state index >= 15 is 0 Å². The van der Waals surface area contributed by atoms with Gasteiger partial charge < -0.3 is 4.42 Å². The maximum atomic E-state index is 12.2. The summed E-state index contributed by atoms with van der Waals surface area (Å²) in [7, 11) is -3.68. The highest BCUT2D eigenvalue weighted by molar-refractivity contribution is 7.92. The van der Waals surface area contributed by atoms with E-state index in [-0.39, 0.29) is 0 Å². The van der Waals surface area contributed by atoms with Crippen LogP contribution in [0.2, 0.25) is 0 Å². The first-order valence-corrected chi connectivity index (χ1v) is 9.64. The molecule has 0 aliphatic heterocycles. The van der Waals surface area contributed by atoms with Crippen LogP contribution in [0.5, 0.6) is 0 Å². The topological polar surface area (TPSA) is 109 Å². The number of amides is 2. The Morgan fingerprint density at radius 2 is 1.77 bits per heavy atom. The van der Waals surface area contributed by atoms with Crippen molar-refractivity contribution in [1.82, 2.24) is 10.9 Å². The van der Waals surface area contributed by atoms with Crippen LogP contribution < -0.4 is 15.2 Å². The van der Waals surface area contributed by atoms with Gasteiger partial charge in [0.1, 0.15) is 18.1 Å². The number of nitrogens with zero attached hydrogens (tertiary/aromatic N) is 1. The van der Waals surface area contributed by atoms with Crippen LogP contribution in [0.4, 0.5) is 5.69 Å². The minimum Gasteiger partial charge on any atom is -0.466 e. The van der Waals surface area contributed by atoms with Crippen LogP contribution in [0.25, 0.3) is 0 Å². The van der Waals surface area contributed by atoms with E-state index in [1.807, 2.05) is 0 Å². The number of hydrazine groups is 1. The van der Waals surface area contributed by atoms with E-state index in [9.17, 15) is 18.0 Å². The second-order valence-corrected chi connectivity index (χ2v) is 7.79. The number of aryl methyl sites for hydroxylation is 3. The molecule has 0 fully saturated rings. The molecule has 0 radical (unpaired) electrons. The second-order valence-electron chi connectivity index (χ2n) is 5.89. The molecule has 1 aromatic carbocycles. The SMILES string of the molecule is Cc1cc(C(=O)NNC(=O)CN(c2ccccc2C)S(C)(=O)=O)c(C)o1. The first kappa shape index (κ1) is 19.5. The fourth-order valence-corrected chi connectivity index (χ4v) is 3.36. The number of hydrogen-bond acceptors (Lipinski definition) is 5. The zero-order chi connectivity index (χ0) is 19.5. The molecule has 9 heteroatoms. The van der Waals surface area contributed by atoms with Crippen molar-refractivity contribution in [3.8, 4) is 0 Å². The number of anilines is 1.